The Balaban J connectivity index is 1.88. The quantitative estimate of drug-likeness (QED) is 0.796. The second-order valence-electron chi connectivity index (χ2n) is 4.45. The third-order valence-electron chi connectivity index (χ3n) is 2.97. The highest BCUT2D eigenvalue weighted by Gasteiger charge is 2.10. The first-order valence-electron chi connectivity index (χ1n) is 6.05. The molecule has 0 amide bonds. The summed E-state index contributed by atoms with van der Waals surface area (Å²) >= 11 is 4.06. The number of hydrogen-bond donors (Lipinski definition) is 1. The zero-order valence-electron chi connectivity index (χ0n) is 10.6. The molecule has 2 unspecified atom stereocenters. The molecule has 0 saturated heterocycles. The molecule has 2 nitrogen and oxygen atoms in total. The lowest BCUT2D eigenvalue weighted by Crippen LogP contribution is -2.23. The van der Waals surface area contributed by atoms with E-state index in [1.807, 2.05) is 11.6 Å². The normalized spacial score (nSPS) is 14.4. The molecular weight excluding hydrogens is 355 g/mol. The van der Waals surface area contributed by atoms with Crippen LogP contribution in [0.15, 0.2) is 35.8 Å². The first-order chi connectivity index (χ1) is 8.66. The molecule has 0 bridgehead atoms. The van der Waals surface area contributed by atoms with E-state index < -0.39 is 0 Å². The van der Waals surface area contributed by atoms with Crippen molar-refractivity contribution >= 4 is 33.9 Å². The van der Waals surface area contributed by atoms with Crippen molar-refractivity contribution in [3.63, 3.8) is 0 Å². The summed E-state index contributed by atoms with van der Waals surface area (Å²) in [5, 5.41) is 6.81. The Hall–Kier alpha value is -0.460. The fourth-order valence-electron chi connectivity index (χ4n) is 1.79. The van der Waals surface area contributed by atoms with Crippen molar-refractivity contribution in [2.45, 2.75) is 25.8 Å². The molecule has 0 aliphatic rings. The summed E-state index contributed by atoms with van der Waals surface area (Å²) in [6.45, 7) is 5.38. The van der Waals surface area contributed by atoms with Crippen molar-refractivity contribution in [1.82, 2.24) is 10.3 Å². The molecule has 4 heteroatoms. The number of aromatic nitrogens is 1. The number of nitrogens with one attached hydrogen (secondary N) is 1. The van der Waals surface area contributed by atoms with Crippen LogP contribution in [0.3, 0.4) is 0 Å². The van der Waals surface area contributed by atoms with Crippen LogP contribution in [0.25, 0.3) is 0 Å². The van der Waals surface area contributed by atoms with E-state index in [-0.39, 0.29) is 0 Å². The molecule has 0 spiro atoms. The minimum absolute atomic E-state index is 0.379. The van der Waals surface area contributed by atoms with Gasteiger partial charge in [0.2, 0.25) is 0 Å². The zero-order valence-corrected chi connectivity index (χ0v) is 13.5. The van der Waals surface area contributed by atoms with E-state index in [1.54, 1.807) is 11.3 Å². The second kappa shape index (κ2) is 6.63. The van der Waals surface area contributed by atoms with Crippen molar-refractivity contribution in [3.8, 4) is 0 Å². The van der Waals surface area contributed by atoms with Gasteiger partial charge in [-0.15, -0.1) is 11.3 Å². The predicted molar refractivity (Wildman–Crippen MR) is 86.1 cm³/mol. The Bertz CT molecular complexity index is 467. The number of halogens is 1. The Labute approximate surface area is 126 Å². The molecular formula is C14H17IN2S. The van der Waals surface area contributed by atoms with Crippen LogP contribution in [0, 0.1) is 3.57 Å². The van der Waals surface area contributed by atoms with Gasteiger partial charge in [0.05, 0.1) is 5.01 Å². The minimum Gasteiger partial charge on any atom is -0.310 e. The fraction of sp³-hybridized carbons (Fsp3) is 0.357. The number of nitrogens with zero attached hydrogens (tertiary/aromatic N) is 1. The van der Waals surface area contributed by atoms with Crippen LogP contribution in [0.5, 0.6) is 0 Å². The molecule has 2 atom stereocenters. The molecule has 0 radical (unpaired) electrons. The van der Waals surface area contributed by atoms with Crippen molar-refractivity contribution in [3.05, 3.63) is 50.0 Å². The van der Waals surface area contributed by atoms with Gasteiger partial charge in [-0.3, -0.25) is 0 Å². The van der Waals surface area contributed by atoms with Gasteiger partial charge in [0, 0.05) is 33.7 Å². The summed E-state index contributed by atoms with van der Waals surface area (Å²) in [5.41, 5.74) is 1.33. The highest BCUT2D eigenvalue weighted by molar-refractivity contribution is 14.1. The summed E-state index contributed by atoms with van der Waals surface area (Å²) in [6.07, 6.45) is 1.87. The van der Waals surface area contributed by atoms with Crippen molar-refractivity contribution in [2.75, 3.05) is 6.54 Å². The largest absolute Gasteiger partial charge is 0.310 e. The van der Waals surface area contributed by atoms with E-state index in [2.05, 4.69) is 71.0 Å². The van der Waals surface area contributed by atoms with Gasteiger partial charge in [0.25, 0.3) is 0 Å². The molecule has 1 aromatic heterocycles. The summed E-state index contributed by atoms with van der Waals surface area (Å²) in [7, 11) is 0. The molecule has 0 aliphatic heterocycles. The molecule has 0 fully saturated rings. The van der Waals surface area contributed by atoms with Crippen LogP contribution in [0.1, 0.15) is 36.4 Å². The van der Waals surface area contributed by atoms with E-state index in [0.29, 0.717) is 12.0 Å². The van der Waals surface area contributed by atoms with Crippen LogP contribution in [-0.4, -0.2) is 11.5 Å². The Morgan fingerprint density at radius 2 is 2.00 bits per heavy atom. The van der Waals surface area contributed by atoms with Crippen LogP contribution < -0.4 is 5.32 Å². The third kappa shape index (κ3) is 3.76. The van der Waals surface area contributed by atoms with Gasteiger partial charge in [-0.1, -0.05) is 19.1 Å². The van der Waals surface area contributed by atoms with Gasteiger partial charge in [-0.05, 0) is 47.2 Å². The monoisotopic (exact) mass is 372 g/mol. The highest BCUT2D eigenvalue weighted by atomic mass is 127. The number of hydrogen-bond acceptors (Lipinski definition) is 3. The molecule has 2 rings (SSSR count). The van der Waals surface area contributed by atoms with E-state index in [4.69, 9.17) is 0 Å². The van der Waals surface area contributed by atoms with Crippen molar-refractivity contribution < 1.29 is 0 Å². The number of rotatable bonds is 5. The topological polar surface area (TPSA) is 24.9 Å². The molecule has 1 aromatic carbocycles. The van der Waals surface area contributed by atoms with Gasteiger partial charge in [0.15, 0.2) is 0 Å². The van der Waals surface area contributed by atoms with Crippen LogP contribution in [-0.2, 0) is 0 Å². The van der Waals surface area contributed by atoms with Crippen LogP contribution >= 0.6 is 33.9 Å². The van der Waals surface area contributed by atoms with Crippen LogP contribution in [0.2, 0.25) is 0 Å². The van der Waals surface area contributed by atoms with Gasteiger partial charge in [-0.25, -0.2) is 4.98 Å². The summed E-state index contributed by atoms with van der Waals surface area (Å²) < 4.78 is 1.28. The van der Waals surface area contributed by atoms with Crippen molar-refractivity contribution in [1.29, 1.82) is 0 Å². The Morgan fingerprint density at radius 1 is 1.28 bits per heavy atom. The first kappa shape index (κ1) is 14.0. The Kier molecular flexibility index (Phi) is 5.14. The maximum atomic E-state index is 4.36. The minimum atomic E-state index is 0.379. The smallest absolute Gasteiger partial charge is 0.0965 e. The van der Waals surface area contributed by atoms with Gasteiger partial charge < -0.3 is 5.32 Å². The zero-order chi connectivity index (χ0) is 13.0. The molecule has 18 heavy (non-hydrogen) atoms. The predicted octanol–water partition coefficient (Wildman–Crippen LogP) is 4.20. The lowest BCUT2D eigenvalue weighted by atomic mass is 10.1. The number of thiazole rings is 1. The lowest BCUT2D eigenvalue weighted by molar-refractivity contribution is 0.536. The number of benzene rings is 1. The van der Waals surface area contributed by atoms with Crippen molar-refractivity contribution in [2.24, 2.45) is 0 Å². The molecule has 0 aliphatic carbocycles. The molecule has 2 aromatic rings. The maximum Gasteiger partial charge on any atom is 0.0965 e. The van der Waals surface area contributed by atoms with E-state index in [9.17, 15) is 0 Å². The average molecular weight is 372 g/mol. The second-order valence-corrected chi connectivity index (χ2v) is 6.62. The molecule has 1 N–H and O–H groups in total. The maximum absolute atomic E-state index is 4.36. The third-order valence-corrected chi connectivity index (χ3v) is 4.70. The summed E-state index contributed by atoms with van der Waals surface area (Å²) in [6, 6.07) is 9.06. The first-order valence-corrected chi connectivity index (χ1v) is 8.01. The molecule has 0 saturated carbocycles. The summed E-state index contributed by atoms with van der Waals surface area (Å²) in [4.78, 5) is 4.36. The van der Waals surface area contributed by atoms with E-state index >= 15 is 0 Å². The SMILES string of the molecule is CC(CNC(C)c1ccc(I)cc1)c1nccs1. The Morgan fingerprint density at radius 3 is 2.61 bits per heavy atom. The standard InChI is InChI=1S/C14H17IN2S/c1-10(14-16-7-8-18-14)9-17-11(2)12-3-5-13(15)6-4-12/h3-8,10-11,17H,9H2,1-2H3. The van der Waals surface area contributed by atoms with Crippen LogP contribution in [0.4, 0.5) is 0 Å². The fourth-order valence-corrected chi connectivity index (χ4v) is 2.85. The highest BCUT2D eigenvalue weighted by Crippen LogP contribution is 2.19. The lowest BCUT2D eigenvalue weighted by Gasteiger charge is -2.17. The average Bonchev–Trinajstić information content (AvgIpc) is 2.90. The van der Waals surface area contributed by atoms with Gasteiger partial charge in [0.1, 0.15) is 0 Å². The molecule has 1 heterocycles. The summed E-state index contributed by atoms with van der Waals surface area (Å²) in [5.74, 6) is 0.469. The molecule has 96 valence electrons. The van der Waals surface area contributed by atoms with E-state index in [1.165, 1.54) is 14.1 Å². The van der Waals surface area contributed by atoms with Gasteiger partial charge in [-0.2, -0.15) is 0 Å². The van der Waals surface area contributed by atoms with Gasteiger partial charge >= 0.3 is 0 Å². The van der Waals surface area contributed by atoms with E-state index in [0.717, 1.165) is 6.54 Å².